The normalized spacial score (nSPS) is 27.0. The zero-order chi connectivity index (χ0) is 19.1. The maximum atomic E-state index is 12.3. The fraction of sp³-hybridized carbons (Fsp3) is 0.435. The Balaban J connectivity index is 1.36. The van der Waals surface area contributed by atoms with E-state index in [4.69, 9.17) is 4.42 Å². The van der Waals surface area contributed by atoms with E-state index in [2.05, 4.69) is 29.2 Å². The molecule has 0 aliphatic carbocycles. The van der Waals surface area contributed by atoms with Crippen LogP contribution in [0.5, 0.6) is 0 Å². The minimum Gasteiger partial charge on any atom is -0.408 e. The minimum absolute atomic E-state index is 0.0757. The van der Waals surface area contributed by atoms with Crippen molar-refractivity contribution in [2.24, 2.45) is 5.41 Å². The molecule has 2 aliphatic heterocycles. The molecule has 28 heavy (non-hydrogen) atoms. The first-order chi connectivity index (χ1) is 13.7. The second kappa shape index (κ2) is 6.90. The molecule has 2 bridgehead atoms. The third-order valence-corrected chi connectivity index (χ3v) is 6.86. The Morgan fingerprint density at radius 1 is 1.04 bits per heavy atom. The molecule has 3 aromatic rings. The summed E-state index contributed by atoms with van der Waals surface area (Å²) < 4.78 is 7.11. The van der Waals surface area contributed by atoms with Gasteiger partial charge in [-0.25, -0.2) is 4.79 Å². The molecule has 0 radical (unpaired) electrons. The zero-order valence-electron chi connectivity index (χ0n) is 16.0. The molecule has 2 fully saturated rings. The fourth-order valence-corrected chi connectivity index (χ4v) is 5.62. The maximum absolute atomic E-state index is 12.3. The quantitative estimate of drug-likeness (QED) is 0.716. The Morgan fingerprint density at radius 2 is 1.82 bits per heavy atom. The third kappa shape index (κ3) is 2.81. The second-order valence-electron chi connectivity index (χ2n) is 8.36. The van der Waals surface area contributed by atoms with Crippen LogP contribution in [0.4, 0.5) is 0 Å². The Morgan fingerprint density at radius 3 is 2.64 bits per heavy atom. The summed E-state index contributed by atoms with van der Waals surface area (Å²) in [6, 6.07) is 19.0. The van der Waals surface area contributed by atoms with E-state index in [1.807, 2.05) is 30.3 Å². The van der Waals surface area contributed by atoms with Crippen LogP contribution in [0.25, 0.3) is 11.1 Å². The SMILES string of the molecule is O=c1oc2ccccc2n1CCN1[C@H]2CC[C@@H]1[C@@](CO)(Cc1ccccc1)C2. The third-order valence-electron chi connectivity index (χ3n) is 6.86. The minimum atomic E-state index is -0.287. The van der Waals surface area contributed by atoms with Crippen molar-refractivity contribution >= 4 is 11.1 Å². The lowest BCUT2D eigenvalue weighted by molar-refractivity contribution is 0.0759. The highest BCUT2D eigenvalue weighted by molar-refractivity contribution is 5.72. The number of aliphatic hydroxyl groups is 1. The number of benzene rings is 2. The Bertz CT molecular complexity index is 1030. The number of nitrogens with zero attached hydrogens (tertiary/aromatic N) is 2. The van der Waals surface area contributed by atoms with Gasteiger partial charge in [0.05, 0.1) is 12.1 Å². The number of para-hydroxylation sites is 2. The van der Waals surface area contributed by atoms with Gasteiger partial charge in [0.2, 0.25) is 0 Å². The van der Waals surface area contributed by atoms with Gasteiger partial charge in [-0.1, -0.05) is 42.5 Å². The molecule has 146 valence electrons. The molecule has 3 heterocycles. The second-order valence-corrected chi connectivity index (χ2v) is 8.36. The summed E-state index contributed by atoms with van der Waals surface area (Å²) in [4.78, 5) is 14.8. The van der Waals surface area contributed by atoms with Gasteiger partial charge in [-0.15, -0.1) is 0 Å². The van der Waals surface area contributed by atoms with Crippen molar-refractivity contribution in [3.63, 3.8) is 0 Å². The van der Waals surface area contributed by atoms with Crippen molar-refractivity contribution in [2.75, 3.05) is 13.2 Å². The summed E-state index contributed by atoms with van der Waals surface area (Å²) in [6.45, 7) is 1.65. The lowest BCUT2D eigenvalue weighted by Gasteiger charge is -2.36. The molecule has 0 amide bonds. The van der Waals surface area contributed by atoms with E-state index in [1.165, 1.54) is 12.0 Å². The van der Waals surface area contributed by atoms with Crippen LogP contribution in [0, 0.1) is 5.41 Å². The van der Waals surface area contributed by atoms with Crippen LogP contribution in [0.1, 0.15) is 24.8 Å². The van der Waals surface area contributed by atoms with E-state index < -0.39 is 0 Å². The molecule has 5 nitrogen and oxygen atoms in total. The van der Waals surface area contributed by atoms with E-state index >= 15 is 0 Å². The highest BCUT2D eigenvalue weighted by atomic mass is 16.4. The van der Waals surface area contributed by atoms with E-state index in [-0.39, 0.29) is 17.8 Å². The zero-order valence-corrected chi connectivity index (χ0v) is 16.0. The van der Waals surface area contributed by atoms with Crippen molar-refractivity contribution in [3.05, 3.63) is 70.7 Å². The van der Waals surface area contributed by atoms with Gasteiger partial charge in [0, 0.05) is 30.6 Å². The van der Waals surface area contributed by atoms with Crippen LogP contribution in [0.2, 0.25) is 0 Å². The molecule has 3 atom stereocenters. The first-order valence-corrected chi connectivity index (χ1v) is 10.2. The average molecular weight is 378 g/mol. The molecule has 2 aliphatic rings. The molecule has 0 saturated carbocycles. The Kier molecular flexibility index (Phi) is 4.37. The van der Waals surface area contributed by atoms with Crippen molar-refractivity contribution < 1.29 is 9.52 Å². The number of aromatic nitrogens is 1. The van der Waals surface area contributed by atoms with Crippen molar-refractivity contribution in [1.29, 1.82) is 0 Å². The molecule has 5 heteroatoms. The van der Waals surface area contributed by atoms with E-state index in [9.17, 15) is 9.90 Å². The molecule has 1 aromatic heterocycles. The molecular weight excluding hydrogens is 352 g/mol. The van der Waals surface area contributed by atoms with Crippen LogP contribution in [0.3, 0.4) is 0 Å². The predicted octanol–water partition coefficient (Wildman–Crippen LogP) is 3.05. The van der Waals surface area contributed by atoms with Crippen molar-refractivity contribution in [1.82, 2.24) is 9.47 Å². The van der Waals surface area contributed by atoms with Crippen LogP contribution in [0.15, 0.2) is 63.8 Å². The van der Waals surface area contributed by atoms with E-state index in [1.54, 1.807) is 4.57 Å². The summed E-state index contributed by atoms with van der Waals surface area (Å²) in [6.07, 6.45) is 4.25. The van der Waals surface area contributed by atoms with E-state index in [0.29, 0.717) is 24.2 Å². The lowest BCUT2D eigenvalue weighted by Crippen LogP contribution is -2.42. The summed E-state index contributed by atoms with van der Waals surface area (Å²) in [7, 11) is 0. The van der Waals surface area contributed by atoms with Gasteiger partial charge in [0.1, 0.15) is 0 Å². The molecule has 2 aromatic carbocycles. The van der Waals surface area contributed by atoms with Crippen LogP contribution in [-0.4, -0.2) is 39.8 Å². The van der Waals surface area contributed by atoms with Crippen LogP contribution >= 0.6 is 0 Å². The molecular formula is C23H26N2O3. The van der Waals surface area contributed by atoms with Gasteiger partial charge in [-0.3, -0.25) is 9.47 Å². The van der Waals surface area contributed by atoms with E-state index in [0.717, 1.165) is 31.3 Å². The smallest absolute Gasteiger partial charge is 0.408 e. The highest BCUT2D eigenvalue weighted by Crippen LogP contribution is 2.51. The number of aliphatic hydroxyl groups excluding tert-OH is 1. The summed E-state index contributed by atoms with van der Waals surface area (Å²) >= 11 is 0. The van der Waals surface area contributed by atoms with Gasteiger partial charge < -0.3 is 9.52 Å². The number of hydrogen-bond acceptors (Lipinski definition) is 4. The number of rotatable bonds is 6. The summed E-state index contributed by atoms with van der Waals surface area (Å²) in [5, 5.41) is 10.4. The van der Waals surface area contributed by atoms with Crippen LogP contribution in [-0.2, 0) is 13.0 Å². The predicted molar refractivity (Wildman–Crippen MR) is 108 cm³/mol. The topological polar surface area (TPSA) is 58.6 Å². The first-order valence-electron chi connectivity index (χ1n) is 10.2. The van der Waals surface area contributed by atoms with Crippen molar-refractivity contribution in [3.8, 4) is 0 Å². The number of oxazole rings is 1. The van der Waals surface area contributed by atoms with Crippen molar-refractivity contribution in [2.45, 2.75) is 44.3 Å². The fourth-order valence-electron chi connectivity index (χ4n) is 5.62. The molecule has 0 spiro atoms. The lowest BCUT2D eigenvalue weighted by atomic mass is 9.70. The Labute approximate surface area is 164 Å². The molecule has 5 rings (SSSR count). The van der Waals surface area contributed by atoms with Gasteiger partial charge in [0.25, 0.3) is 0 Å². The monoisotopic (exact) mass is 378 g/mol. The van der Waals surface area contributed by atoms with Gasteiger partial charge in [-0.05, 0) is 43.4 Å². The standard InChI is InChI=1S/C23H26N2O3/c26-16-23(14-17-6-2-1-3-7-17)15-18-10-11-21(23)24(18)12-13-25-19-8-4-5-9-20(19)28-22(25)27/h1-9,18,21,26H,10-16H2/t18-,21+,23-/m0/s1. The molecule has 1 N–H and O–H groups in total. The summed E-state index contributed by atoms with van der Waals surface area (Å²) in [5.74, 6) is -0.287. The maximum Gasteiger partial charge on any atom is 0.419 e. The summed E-state index contributed by atoms with van der Waals surface area (Å²) in [5.41, 5.74) is 2.72. The number of hydrogen-bond donors (Lipinski definition) is 1. The van der Waals surface area contributed by atoms with Gasteiger partial charge >= 0.3 is 5.76 Å². The van der Waals surface area contributed by atoms with Gasteiger partial charge in [0.15, 0.2) is 5.58 Å². The first kappa shape index (κ1) is 17.7. The molecule has 2 saturated heterocycles. The largest absolute Gasteiger partial charge is 0.419 e. The van der Waals surface area contributed by atoms with Crippen LogP contribution < -0.4 is 5.76 Å². The average Bonchev–Trinajstić information content (AvgIpc) is 3.35. The Hall–Kier alpha value is -2.37. The molecule has 0 unspecified atom stereocenters. The number of fused-ring (bicyclic) bond motifs is 3. The highest BCUT2D eigenvalue weighted by Gasteiger charge is 2.55. The van der Waals surface area contributed by atoms with Gasteiger partial charge in [-0.2, -0.15) is 0 Å².